The van der Waals surface area contributed by atoms with Crippen molar-refractivity contribution in [3.63, 3.8) is 0 Å². The minimum atomic E-state index is 0. The van der Waals surface area contributed by atoms with Crippen LogP contribution in [-0.2, 0) is 0 Å². The SMILES string of the molecule is C[N+](C)(C)C12CC3CC(CC(C3)C1)C2.[CH3-]. The minimum Gasteiger partial charge on any atom is -0.358 e. The summed E-state index contributed by atoms with van der Waals surface area (Å²) in [5, 5.41) is 0. The highest BCUT2D eigenvalue weighted by molar-refractivity contribution is 5.02. The van der Waals surface area contributed by atoms with Crippen molar-refractivity contribution >= 4 is 0 Å². The van der Waals surface area contributed by atoms with Crippen LogP contribution in [0.5, 0.6) is 0 Å². The molecule has 4 aliphatic rings. The molecular formula is C14H27N. The van der Waals surface area contributed by atoms with Crippen LogP contribution in [0.2, 0.25) is 0 Å². The molecule has 4 aliphatic carbocycles. The Kier molecular flexibility index (Phi) is 2.46. The van der Waals surface area contributed by atoms with E-state index in [1.165, 1.54) is 23.7 Å². The van der Waals surface area contributed by atoms with Gasteiger partial charge in [-0.1, -0.05) is 0 Å². The highest BCUT2D eigenvalue weighted by Crippen LogP contribution is 2.58. The summed E-state index contributed by atoms with van der Waals surface area (Å²) in [5.74, 6) is 3.29. The molecule has 0 saturated heterocycles. The molecular weight excluding hydrogens is 182 g/mol. The van der Waals surface area contributed by atoms with E-state index in [-0.39, 0.29) is 7.43 Å². The fourth-order valence-corrected chi connectivity index (χ4v) is 4.89. The van der Waals surface area contributed by atoms with Crippen LogP contribution in [0.1, 0.15) is 38.5 Å². The third kappa shape index (κ3) is 1.54. The van der Waals surface area contributed by atoms with Crippen LogP contribution < -0.4 is 0 Å². The second kappa shape index (κ2) is 3.23. The molecule has 88 valence electrons. The first kappa shape index (κ1) is 11.4. The van der Waals surface area contributed by atoms with Gasteiger partial charge in [-0.3, -0.25) is 0 Å². The van der Waals surface area contributed by atoms with Crippen molar-refractivity contribution in [2.45, 2.75) is 44.1 Å². The normalized spacial score (nSPS) is 47.8. The highest BCUT2D eigenvalue weighted by atomic mass is 15.3. The van der Waals surface area contributed by atoms with E-state index in [4.69, 9.17) is 0 Å². The van der Waals surface area contributed by atoms with Gasteiger partial charge in [0.2, 0.25) is 0 Å². The van der Waals surface area contributed by atoms with Crippen molar-refractivity contribution in [1.29, 1.82) is 0 Å². The molecule has 15 heavy (non-hydrogen) atoms. The van der Waals surface area contributed by atoms with Crippen LogP contribution in [0, 0.1) is 25.2 Å². The molecule has 1 heteroatoms. The van der Waals surface area contributed by atoms with Crippen molar-refractivity contribution in [3.8, 4) is 0 Å². The lowest BCUT2D eigenvalue weighted by atomic mass is 9.52. The largest absolute Gasteiger partial charge is 0.358 e. The Morgan fingerprint density at radius 2 is 1.13 bits per heavy atom. The average molecular weight is 209 g/mol. The van der Waals surface area contributed by atoms with Crippen LogP contribution in [-0.4, -0.2) is 31.2 Å². The summed E-state index contributed by atoms with van der Waals surface area (Å²) in [5.41, 5.74) is 0.675. The fourth-order valence-electron chi connectivity index (χ4n) is 4.89. The van der Waals surface area contributed by atoms with Gasteiger partial charge in [-0.2, -0.15) is 0 Å². The second-order valence-corrected chi connectivity index (χ2v) is 7.15. The van der Waals surface area contributed by atoms with Gasteiger partial charge in [0.05, 0.1) is 26.7 Å². The zero-order valence-electron chi connectivity index (χ0n) is 10.9. The topological polar surface area (TPSA) is 0 Å². The maximum Gasteiger partial charge on any atom is 0.0994 e. The Morgan fingerprint density at radius 1 is 0.800 bits per heavy atom. The Bertz CT molecular complexity index is 213. The molecule has 0 amide bonds. The number of hydrogen-bond donors (Lipinski definition) is 0. The van der Waals surface area contributed by atoms with Gasteiger partial charge in [0.25, 0.3) is 0 Å². The third-order valence-corrected chi connectivity index (χ3v) is 5.43. The summed E-state index contributed by atoms with van der Waals surface area (Å²) in [6.45, 7) is 0. The molecule has 1 nitrogen and oxygen atoms in total. The molecule has 4 saturated carbocycles. The minimum absolute atomic E-state index is 0. The summed E-state index contributed by atoms with van der Waals surface area (Å²) in [6, 6.07) is 0. The smallest absolute Gasteiger partial charge is 0.0994 e. The van der Waals surface area contributed by atoms with Gasteiger partial charge >= 0.3 is 0 Å². The number of quaternary nitrogens is 1. The van der Waals surface area contributed by atoms with E-state index >= 15 is 0 Å². The first-order valence-electron chi connectivity index (χ1n) is 6.30. The standard InChI is InChI=1S/C13H24N.CH3/c1-14(2,3)13-7-10-4-11(8-13)6-12(5-10)9-13;/h10-12H,4-9H2,1-3H3;1H3/q+1;-1. The van der Waals surface area contributed by atoms with Crippen molar-refractivity contribution in [2.75, 3.05) is 21.1 Å². The molecule has 4 bridgehead atoms. The number of nitrogens with zero attached hydrogens (tertiary/aromatic N) is 1. The lowest BCUT2D eigenvalue weighted by Gasteiger charge is -2.61. The summed E-state index contributed by atoms with van der Waals surface area (Å²) in [7, 11) is 7.27. The Labute approximate surface area is 95.4 Å². The van der Waals surface area contributed by atoms with E-state index in [1.54, 1.807) is 19.3 Å². The van der Waals surface area contributed by atoms with E-state index in [0.717, 1.165) is 17.8 Å². The predicted octanol–water partition coefficient (Wildman–Crippen LogP) is 3.11. The molecule has 0 aromatic carbocycles. The number of rotatable bonds is 1. The van der Waals surface area contributed by atoms with Crippen molar-refractivity contribution in [2.24, 2.45) is 17.8 Å². The molecule has 0 radical (unpaired) electrons. The first-order chi connectivity index (χ1) is 6.48. The summed E-state index contributed by atoms with van der Waals surface area (Å²) >= 11 is 0. The van der Waals surface area contributed by atoms with Crippen LogP contribution >= 0.6 is 0 Å². The molecule has 0 heterocycles. The molecule has 0 aromatic heterocycles. The van der Waals surface area contributed by atoms with E-state index in [1.807, 2.05) is 0 Å². The lowest BCUT2D eigenvalue weighted by molar-refractivity contribution is -0.930. The van der Waals surface area contributed by atoms with Gasteiger partial charge in [0, 0.05) is 19.3 Å². The summed E-state index contributed by atoms with van der Waals surface area (Å²) in [4.78, 5) is 0. The fraction of sp³-hybridized carbons (Fsp3) is 0.929. The summed E-state index contributed by atoms with van der Waals surface area (Å²) in [6.07, 6.45) is 9.30. The highest BCUT2D eigenvalue weighted by Gasteiger charge is 2.57. The lowest BCUT2D eigenvalue weighted by Crippen LogP contribution is -2.65. The molecule has 0 aromatic rings. The molecule has 0 N–H and O–H groups in total. The third-order valence-electron chi connectivity index (χ3n) is 5.43. The molecule has 0 spiro atoms. The zero-order valence-corrected chi connectivity index (χ0v) is 10.9. The monoisotopic (exact) mass is 209 g/mol. The van der Waals surface area contributed by atoms with E-state index in [0.29, 0.717) is 5.54 Å². The summed E-state index contributed by atoms with van der Waals surface area (Å²) < 4.78 is 1.22. The molecule has 4 rings (SSSR count). The van der Waals surface area contributed by atoms with Gasteiger partial charge in [-0.15, -0.1) is 0 Å². The second-order valence-electron chi connectivity index (χ2n) is 7.15. The van der Waals surface area contributed by atoms with Crippen molar-refractivity contribution < 1.29 is 4.48 Å². The van der Waals surface area contributed by atoms with E-state index < -0.39 is 0 Å². The Balaban J connectivity index is 0.000000853. The van der Waals surface area contributed by atoms with Crippen molar-refractivity contribution in [3.05, 3.63) is 7.43 Å². The quantitative estimate of drug-likeness (QED) is 0.460. The van der Waals surface area contributed by atoms with Gasteiger partial charge in [0.15, 0.2) is 0 Å². The van der Waals surface area contributed by atoms with Gasteiger partial charge in [-0.25, -0.2) is 0 Å². The maximum absolute atomic E-state index is 2.42. The van der Waals surface area contributed by atoms with E-state index in [9.17, 15) is 0 Å². The van der Waals surface area contributed by atoms with Gasteiger partial charge in [0.1, 0.15) is 0 Å². The Morgan fingerprint density at radius 3 is 1.40 bits per heavy atom. The van der Waals surface area contributed by atoms with Gasteiger partial charge in [-0.05, 0) is 37.0 Å². The zero-order chi connectivity index (χ0) is 9.97. The molecule has 0 atom stereocenters. The van der Waals surface area contributed by atoms with Crippen LogP contribution in [0.25, 0.3) is 0 Å². The van der Waals surface area contributed by atoms with E-state index in [2.05, 4.69) is 21.1 Å². The predicted molar refractivity (Wildman–Crippen MR) is 65.3 cm³/mol. The maximum atomic E-state index is 2.42. The Hall–Kier alpha value is -0.0400. The van der Waals surface area contributed by atoms with Crippen LogP contribution in [0.15, 0.2) is 0 Å². The van der Waals surface area contributed by atoms with Gasteiger partial charge < -0.3 is 11.9 Å². The molecule has 0 unspecified atom stereocenters. The molecule has 0 aliphatic heterocycles. The average Bonchev–Trinajstić information content (AvgIpc) is 1.98. The number of hydrogen-bond acceptors (Lipinski definition) is 0. The first-order valence-corrected chi connectivity index (χ1v) is 6.30. The van der Waals surface area contributed by atoms with Crippen LogP contribution in [0.3, 0.4) is 0 Å². The van der Waals surface area contributed by atoms with Crippen LogP contribution in [0.4, 0.5) is 0 Å². The van der Waals surface area contributed by atoms with Crippen molar-refractivity contribution in [1.82, 2.24) is 0 Å². The molecule has 4 fully saturated rings.